The zero-order chi connectivity index (χ0) is 19.4. The average molecular weight is 403 g/mol. The third kappa shape index (κ3) is 4.92. The standard InChI is InChI=1S/C18H22N6OS2/c1-5-12-6-8-13(9-7-12)14-10-26-16(19-14)20-15(25)11-27-17-21-22-23-24(17)18(2,3)4/h6-10H,5,11H2,1-4H3,(H,19,20,25). The molecule has 0 aliphatic carbocycles. The molecule has 1 N–H and O–H groups in total. The molecule has 2 heterocycles. The highest BCUT2D eigenvalue weighted by Gasteiger charge is 2.20. The summed E-state index contributed by atoms with van der Waals surface area (Å²) in [4.78, 5) is 16.8. The van der Waals surface area contributed by atoms with E-state index < -0.39 is 0 Å². The predicted molar refractivity (Wildman–Crippen MR) is 109 cm³/mol. The highest BCUT2D eigenvalue weighted by Crippen LogP contribution is 2.26. The maximum absolute atomic E-state index is 12.3. The Hall–Kier alpha value is -2.26. The molecule has 27 heavy (non-hydrogen) atoms. The molecule has 0 aliphatic heterocycles. The summed E-state index contributed by atoms with van der Waals surface area (Å²) in [5.41, 5.74) is 2.96. The number of carbonyl (C=O) groups is 1. The van der Waals surface area contributed by atoms with Gasteiger partial charge >= 0.3 is 0 Å². The van der Waals surface area contributed by atoms with Crippen LogP contribution in [0, 0.1) is 0 Å². The van der Waals surface area contributed by atoms with E-state index >= 15 is 0 Å². The van der Waals surface area contributed by atoms with Crippen LogP contribution in [0.1, 0.15) is 33.3 Å². The van der Waals surface area contributed by atoms with Crippen LogP contribution in [0.3, 0.4) is 0 Å². The maximum atomic E-state index is 12.3. The minimum atomic E-state index is -0.236. The SMILES string of the molecule is CCc1ccc(-c2csc(NC(=O)CSc3nnnn3C(C)(C)C)n2)cc1. The molecule has 0 atom stereocenters. The van der Waals surface area contributed by atoms with Gasteiger partial charge in [-0.1, -0.05) is 43.0 Å². The first-order chi connectivity index (χ1) is 12.9. The van der Waals surface area contributed by atoms with E-state index in [0.717, 1.165) is 17.7 Å². The Morgan fingerprint density at radius 2 is 2.00 bits per heavy atom. The van der Waals surface area contributed by atoms with Crippen molar-refractivity contribution in [3.63, 3.8) is 0 Å². The summed E-state index contributed by atoms with van der Waals surface area (Å²) in [7, 11) is 0. The number of rotatable bonds is 6. The van der Waals surface area contributed by atoms with Crippen molar-refractivity contribution in [3.8, 4) is 11.3 Å². The summed E-state index contributed by atoms with van der Waals surface area (Å²) >= 11 is 2.72. The van der Waals surface area contributed by atoms with Crippen molar-refractivity contribution in [2.24, 2.45) is 0 Å². The predicted octanol–water partition coefficient (Wildman–Crippen LogP) is 3.84. The second-order valence-electron chi connectivity index (χ2n) is 6.97. The first-order valence-corrected chi connectivity index (χ1v) is 10.5. The van der Waals surface area contributed by atoms with Crippen LogP contribution in [0.25, 0.3) is 11.3 Å². The first-order valence-electron chi connectivity index (χ1n) is 8.63. The van der Waals surface area contributed by atoms with Crippen LogP contribution in [0.5, 0.6) is 0 Å². The molecule has 3 rings (SSSR count). The lowest BCUT2D eigenvalue weighted by Gasteiger charge is -2.19. The van der Waals surface area contributed by atoms with E-state index in [-0.39, 0.29) is 17.2 Å². The number of hydrogen-bond acceptors (Lipinski definition) is 7. The van der Waals surface area contributed by atoms with Gasteiger partial charge in [-0.15, -0.1) is 16.4 Å². The largest absolute Gasteiger partial charge is 0.301 e. The van der Waals surface area contributed by atoms with Crippen molar-refractivity contribution in [3.05, 3.63) is 35.2 Å². The lowest BCUT2D eigenvalue weighted by Crippen LogP contribution is -2.24. The fraction of sp³-hybridized carbons (Fsp3) is 0.389. The topological polar surface area (TPSA) is 85.6 Å². The lowest BCUT2D eigenvalue weighted by atomic mass is 10.1. The Morgan fingerprint density at radius 3 is 2.67 bits per heavy atom. The van der Waals surface area contributed by atoms with Crippen LogP contribution in [0.2, 0.25) is 0 Å². The number of benzene rings is 1. The zero-order valence-corrected chi connectivity index (χ0v) is 17.4. The molecule has 0 radical (unpaired) electrons. The Kier molecular flexibility index (Phi) is 5.91. The van der Waals surface area contributed by atoms with Gasteiger partial charge in [0.15, 0.2) is 5.13 Å². The van der Waals surface area contributed by atoms with E-state index in [1.54, 1.807) is 4.68 Å². The molecule has 142 valence electrons. The second kappa shape index (κ2) is 8.18. The van der Waals surface area contributed by atoms with Crippen LogP contribution in [-0.4, -0.2) is 36.9 Å². The summed E-state index contributed by atoms with van der Waals surface area (Å²) in [6.45, 7) is 8.16. The maximum Gasteiger partial charge on any atom is 0.236 e. The van der Waals surface area contributed by atoms with E-state index in [4.69, 9.17) is 0 Å². The third-order valence-electron chi connectivity index (χ3n) is 3.82. The molecular formula is C18H22N6OS2. The Labute approximate surface area is 166 Å². The Morgan fingerprint density at radius 1 is 1.26 bits per heavy atom. The molecule has 0 unspecified atom stereocenters. The number of aromatic nitrogens is 5. The number of hydrogen-bond donors (Lipinski definition) is 1. The summed E-state index contributed by atoms with van der Waals surface area (Å²) in [6.07, 6.45) is 1.01. The van der Waals surface area contributed by atoms with Crippen molar-refractivity contribution in [1.82, 2.24) is 25.2 Å². The third-order valence-corrected chi connectivity index (χ3v) is 5.49. The number of nitrogens with zero attached hydrogens (tertiary/aromatic N) is 5. The van der Waals surface area contributed by atoms with Gasteiger partial charge < -0.3 is 5.32 Å². The number of carbonyl (C=O) groups excluding carboxylic acids is 1. The highest BCUT2D eigenvalue weighted by molar-refractivity contribution is 7.99. The quantitative estimate of drug-likeness (QED) is 0.631. The van der Waals surface area contributed by atoms with Gasteiger partial charge in [-0.05, 0) is 43.2 Å². The molecule has 0 saturated carbocycles. The van der Waals surface area contributed by atoms with Crippen LogP contribution in [0.4, 0.5) is 5.13 Å². The first kappa shape index (κ1) is 19.5. The summed E-state index contributed by atoms with van der Waals surface area (Å²) in [5.74, 6) is 0.0852. The zero-order valence-electron chi connectivity index (χ0n) is 15.8. The van der Waals surface area contributed by atoms with E-state index in [9.17, 15) is 4.79 Å². The van der Waals surface area contributed by atoms with Crippen molar-refractivity contribution < 1.29 is 4.79 Å². The molecule has 0 saturated heterocycles. The summed E-state index contributed by atoms with van der Waals surface area (Å²) < 4.78 is 1.71. The van der Waals surface area contributed by atoms with Gasteiger partial charge in [0.2, 0.25) is 11.1 Å². The molecule has 2 aromatic heterocycles. The fourth-order valence-corrected chi connectivity index (χ4v) is 3.95. The summed E-state index contributed by atoms with van der Waals surface area (Å²) in [6, 6.07) is 8.31. The number of thiazole rings is 1. The van der Waals surface area contributed by atoms with Crippen molar-refractivity contribution >= 4 is 34.1 Å². The van der Waals surface area contributed by atoms with Gasteiger partial charge in [0.05, 0.1) is 17.0 Å². The van der Waals surface area contributed by atoms with E-state index in [2.05, 4.69) is 57.0 Å². The van der Waals surface area contributed by atoms with Gasteiger partial charge in [0.25, 0.3) is 0 Å². The molecular weight excluding hydrogens is 380 g/mol. The van der Waals surface area contributed by atoms with Crippen LogP contribution >= 0.6 is 23.1 Å². The van der Waals surface area contributed by atoms with E-state index in [1.807, 2.05) is 26.2 Å². The Balaban J connectivity index is 1.59. The highest BCUT2D eigenvalue weighted by atomic mass is 32.2. The molecule has 1 amide bonds. The van der Waals surface area contributed by atoms with Gasteiger partial charge in [0, 0.05) is 10.9 Å². The molecule has 0 spiro atoms. The number of nitrogens with one attached hydrogen (secondary N) is 1. The molecule has 9 heteroatoms. The van der Waals surface area contributed by atoms with Crippen LogP contribution < -0.4 is 5.32 Å². The molecule has 0 bridgehead atoms. The average Bonchev–Trinajstić information content (AvgIpc) is 3.29. The van der Waals surface area contributed by atoms with Crippen molar-refractivity contribution in [2.45, 2.75) is 44.8 Å². The van der Waals surface area contributed by atoms with Crippen LogP contribution in [-0.2, 0) is 16.8 Å². The van der Waals surface area contributed by atoms with Crippen LogP contribution in [0.15, 0.2) is 34.8 Å². The van der Waals surface area contributed by atoms with Gasteiger partial charge in [-0.3, -0.25) is 4.79 Å². The minimum Gasteiger partial charge on any atom is -0.301 e. The van der Waals surface area contributed by atoms with Crippen molar-refractivity contribution in [2.75, 3.05) is 11.1 Å². The number of tetrazole rings is 1. The molecule has 0 fully saturated rings. The number of aryl methyl sites for hydroxylation is 1. The minimum absolute atomic E-state index is 0.134. The van der Waals surface area contributed by atoms with Crippen molar-refractivity contribution in [1.29, 1.82) is 0 Å². The monoisotopic (exact) mass is 402 g/mol. The second-order valence-corrected chi connectivity index (χ2v) is 8.77. The van der Waals surface area contributed by atoms with E-state index in [1.165, 1.54) is 28.7 Å². The number of amides is 1. The normalized spacial score (nSPS) is 11.6. The van der Waals surface area contributed by atoms with Gasteiger partial charge in [0.1, 0.15) is 0 Å². The van der Waals surface area contributed by atoms with Gasteiger partial charge in [-0.2, -0.15) is 0 Å². The number of thioether (sulfide) groups is 1. The smallest absolute Gasteiger partial charge is 0.236 e. The summed E-state index contributed by atoms with van der Waals surface area (Å²) in [5, 5.41) is 17.7. The van der Waals surface area contributed by atoms with E-state index in [0.29, 0.717) is 10.3 Å². The lowest BCUT2D eigenvalue weighted by molar-refractivity contribution is -0.113. The molecule has 0 aliphatic rings. The molecule has 3 aromatic rings. The number of anilines is 1. The molecule has 1 aromatic carbocycles. The Bertz CT molecular complexity index is 911. The molecule has 7 nitrogen and oxygen atoms in total. The fourth-order valence-electron chi connectivity index (χ4n) is 2.35. The van der Waals surface area contributed by atoms with Gasteiger partial charge in [-0.25, -0.2) is 9.67 Å².